The van der Waals surface area contributed by atoms with E-state index in [2.05, 4.69) is 31.5 Å². The van der Waals surface area contributed by atoms with Gasteiger partial charge in [0.05, 0.1) is 12.7 Å². The lowest BCUT2D eigenvalue weighted by Crippen LogP contribution is -2.53. The van der Waals surface area contributed by atoms with Crippen LogP contribution in [-0.4, -0.2) is 57.5 Å². The first kappa shape index (κ1) is 17.9. The second kappa shape index (κ2) is 7.70. The van der Waals surface area contributed by atoms with Crippen molar-refractivity contribution in [3.05, 3.63) is 54.1 Å². The second-order valence-corrected chi connectivity index (χ2v) is 8.83. The number of nitrogens with zero attached hydrogens (tertiary/aromatic N) is 4. The zero-order chi connectivity index (χ0) is 18.9. The van der Waals surface area contributed by atoms with Crippen LogP contribution in [0.2, 0.25) is 0 Å². The molecule has 0 unspecified atom stereocenters. The first-order valence-electron chi connectivity index (χ1n) is 10.8. The Bertz CT molecular complexity index is 809. The molecule has 0 spiro atoms. The van der Waals surface area contributed by atoms with Crippen LogP contribution in [0.1, 0.15) is 36.9 Å². The third-order valence-electron chi connectivity index (χ3n) is 7.16. The van der Waals surface area contributed by atoms with Gasteiger partial charge in [0.2, 0.25) is 5.91 Å². The molecule has 2 saturated carbocycles. The largest absolute Gasteiger partial charge is 0.340 e. The quantitative estimate of drug-likeness (QED) is 0.803. The molecule has 2 aliphatic carbocycles. The van der Waals surface area contributed by atoms with Gasteiger partial charge in [-0.15, -0.1) is 0 Å². The molecule has 3 fully saturated rings. The Labute approximate surface area is 167 Å². The molecule has 5 heteroatoms. The number of amides is 1. The van der Waals surface area contributed by atoms with Gasteiger partial charge >= 0.3 is 0 Å². The summed E-state index contributed by atoms with van der Waals surface area (Å²) >= 11 is 0. The van der Waals surface area contributed by atoms with Crippen molar-refractivity contribution >= 4 is 5.91 Å². The molecule has 0 N–H and O–H groups in total. The number of piperazine rings is 1. The Morgan fingerprint density at radius 3 is 2.57 bits per heavy atom. The van der Waals surface area contributed by atoms with Crippen LogP contribution >= 0.6 is 0 Å². The molecule has 148 valence electrons. The third kappa shape index (κ3) is 3.60. The second-order valence-electron chi connectivity index (χ2n) is 8.83. The van der Waals surface area contributed by atoms with E-state index in [1.54, 1.807) is 0 Å². The van der Waals surface area contributed by atoms with Gasteiger partial charge in [-0.1, -0.05) is 36.8 Å². The molecule has 5 rings (SSSR count). The van der Waals surface area contributed by atoms with E-state index in [1.807, 2.05) is 30.7 Å². The summed E-state index contributed by atoms with van der Waals surface area (Å²) in [7, 11) is 0. The van der Waals surface area contributed by atoms with Crippen LogP contribution in [0.25, 0.3) is 0 Å². The monoisotopic (exact) mass is 378 g/mol. The van der Waals surface area contributed by atoms with Crippen LogP contribution < -0.4 is 0 Å². The summed E-state index contributed by atoms with van der Waals surface area (Å²) in [6, 6.07) is 11.1. The van der Waals surface area contributed by atoms with Gasteiger partial charge in [-0.05, 0) is 36.7 Å². The van der Waals surface area contributed by atoms with E-state index in [-0.39, 0.29) is 5.91 Å². The summed E-state index contributed by atoms with van der Waals surface area (Å²) in [6.45, 7) is 4.60. The molecular weight excluding hydrogens is 348 g/mol. The van der Waals surface area contributed by atoms with E-state index < -0.39 is 0 Å². The lowest BCUT2D eigenvalue weighted by Gasteiger charge is -2.41. The van der Waals surface area contributed by atoms with Gasteiger partial charge in [0.25, 0.3) is 0 Å². The summed E-state index contributed by atoms with van der Waals surface area (Å²) in [4.78, 5) is 21.9. The number of aromatic nitrogens is 2. The van der Waals surface area contributed by atoms with Crippen LogP contribution in [0.15, 0.2) is 42.9 Å². The van der Waals surface area contributed by atoms with Crippen molar-refractivity contribution in [2.45, 2.75) is 44.7 Å². The lowest BCUT2D eigenvalue weighted by atomic mass is 9.93. The zero-order valence-electron chi connectivity index (χ0n) is 16.5. The molecular formula is C23H30N4O. The molecule has 2 heterocycles. The average Bonchev–Trinajstić information content (AvgIpc) is 3.47. The molecule has 1 amide bonds. The van der Waals surface area contributed by atoms with Crippen molar-refractivity contribution in [1.29, 1.82) is 0 Å². The fourth-order valence-corrected chi connectivity index (χ4v) is 5.65. The number of imidazole rings is 1. The van der Waals surface area contributed by atoms with Crippen LogP contribution in [0.3, 0.4) is 0 Å². The number of fused-ring (bicyclic) bond motifs is 2. The lowest BCUT2D eigenvalue weighted by molar-refractivity contribution is -0.132. The Morgan fingerprint density at radius 1 is 1.04 bits per heavy atom. The SMILES string of the molecule is O=C(Cc1cncn1Cc1ccccc1)N1CCN([C@H]2C[C@H]3CC[C@H]2C3)CC1. The first-order chi connectivity index (χ1) is 13.8. The highest BCUT2D eigenvalue weighted by atomic mass is 16.2. The number of carbonyl (C=O) groups is 1. The minimum absolute atomic E-state index is 0.238. The van der Waals surface area contributed by atoms with Crippen LogP contribution in [0, 0.1) is 11.8 Å². The summed E-state index contributed by atoms with van der Waals surface area (Å²) in [5, 5.41) is 0. The molecule has 2 aromatic rings. The Balaban J connectivity index is 1.16. The smallest absolute Gasteiger partial charge is 0.228 e. The van der Waals surface area contributed by atoms with E-state index in [9.17, 15) is 4.79 Å². The molecule has 3 aliphatic rings. The molecule has 28 heavy (non-hydrogen) atoms. The predicted molar refractivity (Wildman–Crippen MR) is 109 cm³/mol. The van der Waals surface area contributed by atoms with Crippen LogP contribution in [0.5, 0.6) is 0 Å². The van der Waals surface area contributed by atoms with Gasteiger partial charge in [-0.2, -0.15) is 0 Å². The topological polar surface area (TPSA) is 41.4 Å². The number of hydrogen-bond donors (Lipinski definition) is 0. The van der Waals surface area contributed by atoms with Gasteiger partial charge in [-0.25, -0.2) is 4.98 Å². The average molecular weight is 379 g/mol. The Kier molecular flexibility index (Phi) is 4.93. The summed E-state index contributed by atoms with van der Waals surface area (Å²) in [5.41, 5.74) is 2.23. The number of benzene rings is 1. The Hall–Kier alpha value is -2.14. The molecule has 2 bridgehead atoms. The van der Waals surface area contributed by atoms with E-state index in [4.69, 9.17) is 0 Å². The standard InChI is InChI=1S/C23H30N4O/c28-23(14-21-15-24-17-27(21)16-18-4-2-1-3-5-18)26-10-8-25(9-11-26)22-13-19-6-7-20(22)12-19/h1-5,15,17,19-20,22H,6-14,16H2/t19-,20-,22-/m0/s1. The van der Waals surface area contributed by atoms with E-state index >= 15 is 0 Å². The summed E-state index contributed by atoms with van der Waals surface area (Å²) < 4.78 is 2.10. The molecule has 1 saturated heterocycles. The minimum Gasteiger partial charge on any atom is -0.340 e. The zero-order valence-corrected chi connectivity index (χ0v) is 16.5. The third-order valence-corrected chi connectivity index (χ3v) is 7.16. The highest BCUT2D eigenvalue weighted by Crippen LogP contribution is 2.46. The summed E-state index contributed by atoms with van der Waals surface area (Å²) in [6.07, 6.45) is 9.86. The van der Waals surface area contributed by atoms with Crippen molar-refractivity contribution in [3.8, 4) is 0 Å². The predicted octanol–water partition coefficient (Wildman–Crippen LogP) is 2.81. The minimum atomic E-state index is 0.238. The van der Waals surface area contributed by atoms with Gasteiger partial charge in [0.15, 0.2) is 0 Å². The number of rotatable bonds is 5. The normalized spacial score (nSPS) is 27.4. The van der Waals surface area contributed by atoms with Crippen molar-refractivity contribution in [2.75, 3.05) is 26.2 Å². The maximum absolute atomic E-state index is 12.9. The van der Waals surface area contributed by atoms with E-state index in [0.717, 1.165) is 56.3 Å². The molecule has 5 nitrogen and oxygen atoms in total. The number of hydrogen-bond acceptors (Lipinski definition) is 3. The van der Waals surface area contributed by atoms with Gasteiger partial charge in [0, 0.05) is 50.7 Å². The van der Waals surface area contributed by atoms with Crippen molar-refractivity contribution < 1.29 is 4.79 Å². The van der Waals surface area contributed by atoms with E-state index in [1.165, 1.54) is 31.2 Å². The highest BCUT2D eigenvalue weighted by molar-refractivity contribution is 5.78. The summed E-state index contributed by atoms with van der Waals surface area (Å²) in [5.74, 6) is 2.15. The highest BCUT2D eigenvalue weighted by Gasteiger charge is 2.42. The van der Waals surface area contributed by atoms with Crippen molar-refractivity contribution in [2.24, 2.45) is 11.8 Å². The molecule has 0 radical (unpaired) electrons. The maximum atomic E-state index is 12.9. The first-order valence-corrected chi connectivity index (χ1v) is 10.8. The van der Waals surface area contributed by atoms with Gasteiger partial charge < -0.3 is 9.47 Å². The van der Waals surface area contributed by atoms with Gasteiger partial charge in [-0.3, -0.25) is 9.69 Å². The van der Waals surface area contributed by atoms with Crippen molar-refractivity contribution in [3.63, 3.8) is 0 Å². The molecule has 1 aliphatic heterocycles. The van der Waals surface area contributed by atoms with Gasteiger partial charge in [0.1, 0.15) is 0 Å². The van der Waals surface area contributed by atoms with E-state index in [0.29, 0.717) is 6.42 Å². The Morgan fingerprint density at radius 2 is 1.86 bits per heavy atom. The van der Waals surface area contributed by atoms with Crippen molar-refractivity contribution in [1.82, 2.24) is 19.4 Å². The number of carbonyl (C=O) groups excluding carboxylic acids is 1. The fraction of sp³-hybridized carbons (Fsp3) is 0.565. The molecule has 1 aromatic carbocycles. The maximum Gasteiger partial charge on any atom is 0.228 e. The fourth-order valence-electron chi connectivity index (χ4n) is 5.65. The molecule has 3 atom stereocenters. The van der Waals surface area contributed by atoms with Crippen LogP contribution in [0.4, 0.5) is 0 Å². The molecule has 1 aromatic heterocycles. The van der Waals surface area contributed by atoms with Crippen LogP contribution in [-0.2, 0) is 17.8 Å².